The van der Waals surface area contributed by atoms with Gasteiger partial charge >= 0.3 is 6.09 Å². The predicted octanol–water partition coefficient (Wildman–Crippen LogP) is 6.68. The lowest BCUT2D eigenvalue weighted by Crippen LogP contribution is -2.10. The van der Waals surface area contributed by atoms with Crippen LogP contribution in [-0.2, 0) is 4.84 Å². The van der Waals surface area contributed by atoms with E-state index >= 15 is 0 Å². The molecule has 0 atom stereocenters. The van der Waals surface area contributed by atoms with Gasteiger partial charge in [-0.15, -0.1) is 0 Å². The van der Waals surface area contributed by atoms with E-state index in [-0.39, 0.29) is 5.56 Å². The number of carbonyl (C=O) groups is 1. The molecular weight excluding hydrogens is 390 g/mol. The summed E-state index contributed by atoms with van der Waals surface area (Å²) < 4.78 is 32.0. The van der Waals surface area contributed by atoms with E-state index in [2.05, 4.69) is 22.2 Å². The van der Waals surface area contributed by atoms with Crippen molar-refractivity contribution < 1.29 is 23.1 Å². The van der Waals surface area contributed by atoms with E-state index in [1.807, 2.05) is 0 Å². The minimum Gasteiger partial charge on any atom is -0.494 e. The zero-order valence-corrected chi connectivity index (χ0v) is 17.2. The monoisotopic (exact) mass is 418 g/mol. The van der Waals surface area contributed by atoms with E-state index in [9.17, 15) is 13.6 Å². The summed E-state index contributed by atoms with van der Waals surface area (Å²) in [6.45, 7) is 2.88. The predicted molar refractivity (Wildman–Crippen MR) is 114 cm³/mol. The minimum absolute atomic E-state index is 0.00617. The fourth-order valence-corrected chi connectivity index (χ4v) is 2.76. The van der Waals surface area contributed by atoms with E-state index in [4.69, 9.17) is 4.74 Å². The van der Waals surface area contributed by atoms with Crippen molar-refractivity contribution >= 4 is 18.0 Å². The molecule has 0 saturated heterocycles. The molecule has 1 N–H and O–H groups in total. The minimum atomic E-state index is -0.828. The molecule has 0 unspecified atom stereocenters. The third-order valence-corrected chi connectivity index (χ3v) is 4.41. The summed E-state index contributed by atoms with van der Waals surface area (Å²) in [5, 5.41) is 5.90. The van der Waals surface area contributed by atoms with Crippen LogP contribution >= 0.6 is 0 Å². The van der Waals surface area contributed by atoms with Crippen LogP contribution in [0.2, 0.25) is 0 Å². The fraction of sp³-hybridized carbons (Fsp3) is 0.391. The van der Waals surface area contributed by atoms with E-state index in [1.54, 1.807) is 24.3 Å². The summed E-state index contributed by atoms with van der Waals surface area (Å²) in [7, 11) is 0. The number of hydrogen-bond acceptors (Lipinski definition) is 4. The van der Waals surface area contributed by atoms with Crippen molar-refractivity contribution in [3.8, 4) is 5.75 Å². The molecule has 0 aliphatic carbocycles. The molecule has 0 aliphatic rings. The van der Waals surface area contributed by atoms with Crippen molar-refractivity contribution in [3.05, 3.63) is 59.7 Å². The second-order valence-corrected chi connectivity index (χ2v) is 6.90. The van der Waals surface area contributed by atoms with E-state index in [0.29, 0.717) is 12.3 Å². The van der Waals surface area contributed by atoms with Crippen LogP contribution in [0.25, 0.3) is 0 Å². The Balaban J connectivity index is 1.66. The molecule has 2 rings (SSSR count). The Hall–Kier alpha value is -2.96. The molecule has 5 nitrogen and oxygen atoms in total. The van der Waals surface area contributed by atoms with Gasteiger partial charge in [-0.05, 0) is 42.8 Å². The molecule has 1 amide bonds. The smallest absolute Gasteiger partial charge is 0.437 e. The molecule has 0 heterocycles. The molecule has 2 aromatic carbocycles. The number of unbranched alkanes of at least 4 members (excludes halogenated alkanes) is 6. The molecule has 7 heteroatoms. The second-order valence-electron chi connectivity index (χ2n) is 6.90. The third-order valence-electron chi connectivity index (χ3n) is 4.41. The first-order chi connectivity index (χ1) is 14.6. The van der Waals surface area contributed by atoms with Crippen LogP contribution in [0.1, 0.15) is 57.4 Å². The van der Waals surface area contributed by atoms with E-state index in [0.717, 1.165) is 36.9 Å². The van der Waals surface area contributed by atoms with Gasteiger partial charge < -0.3 is 4.74 Å². The summed E-state index contributed by atoms with van der Waals surface area (Å²) >= 11 is 0. The molecule has 0 aliphatic heterocycles. The molecule has 30 heavy (non-hydrogen) atoms. The summed E-state index contributed by atoms with van der Waals surface area (Å²) in [5.41, 5.74) is 0.512. The number of rotatable bonds is 12. The second kappa shape index (κ2) is 13.3. The Labute approximate surface area is 176 Å². The van der Waals surface area contributed by atoms with Crippen LogP contribution in [0.4, 0.5) is 19.3 Å². The van der Waals surface area contributed by atoms with Crippen molar-refractivity contribution in [1.29, 1.82) is 0 Å². The van der Waals surface area contributed by atoms with Crippen LogP contribution < -0.4 is 10.1 Å². The maximum Gasteiger partial charge on any atom is 0.437 e. The highest BCUT2D eigenvalue weighted by Crippen LogP contribution is 2.17. The van der Waals surface area contributed by atoms with Gasteiger partial charge in [-0.1, -0.05) is 50.6 Å². The van der Waals surface area contributed by atoms with E-state index < -0.39 is 17.7 Å². The highest BCUT2D eigenvalue weighted by molar-refractivity contribution is 5.86. The number of halogens is 2. The first-order valence-corrected chi connectivity index (χ1v) is 10.3. The molecule has 0 fully saturated rings. The Morgan fingerprint density at radius 2 is 1.70 bits per heavy atom. The van der Waals surface area contributed by atoms with Crippen LogP contribution in [0, 0.1) is 11.6 Å². The summed E-state index contributed by atoms with van der Waals surface area (Å²) in [6, 6.07) is 9.89. The first kappa shape index (κ1) is 23.3. The number of hydrogen-bond donors (Lipinski definition) is 1. The molecule has 162 valence electrons. The van der Waals surface area contributed by atoms with Crippen LogP contribution in [0.3, 0.4) is 0 Å². The molecule has 0 spiro atoms. The van der Waals surface area contributed by atoms with Crippen LogP contribution in [0.15, 0.2) is 47.6 Å². The van der Waals surface area contributed by atoms with Gasteiger partial charge in [0, 0.05) is 17.3 Å². The average molecular weight is 418 g/mol. The molecule has 0 radical (unpaired) electrons. The van der Waals surface area contributed by atoms with Gasteiger partial charge in [-0.2, -0.15) is 0 Å². The van der Waals surface area contributed by atoms with Gasteiger partial charge in [-0.3, -0.25) is 10.2 Å². The Bertz CT molecular complexity index is 811. The third kappa shape index (κ3) is 9.03. The van der Waals surface area contributed by atoms with Crippen molar-refractivity contribution in [3.63, 3.8) is 0 Å². The maximum atomic E-state index is 13.5. The largest absolute Gasteiger partial charge is 0.494 e. The zero-order chi connectivity index (χ0) is 21.6. The fourth-order valence-electron chi connectivity index (χ4n) is 2.76. The number of nitrogens with one attached hydrogen (secondary N) is 1. The lowest BCUT2D eigenvalue weighted by molar-refractivity contribution is 0.167. The Morgan fingerprint density at radius 3 is 2.40 bits per heavy atom. The zero-order valence-electron chi connectivity index (χ0n) is 17.2. The standard InChI is InChI=1S/C23H28F2N2O3/c1-2-3-4-5-6-7-8-15-29-21-13-11-20(12-14-21)27-23(28)30-26-17-18-9-10-19(24)16-22(18)25/h9-14,16-17H,2-8,15H2,1H3,(H,27,28). The van der Waals surface area contributed by atoms with Crippen molar-refractivity contribution in [2.45, 2.75) is 51.9 Å². The quantitative estimate of drug-likeness (QED) is 0.181. The lowest BCUT2D eigenvalue weighted by atomic mass is 10.1. The highest BCUT2D eigenvalue weighted by Gasteiger charge is 2.05. The first-order valence-electron chi connectivity index (χ1n) is 10.3. The molecular formula is C23H28F2N2O3. The Morgan fingerprint density at radius 1 is 1.00 bits per heavy atom. The molecule has 0 aromatic heterocycles. The van der Waals surface area contributed by atoms with Gasteiger partial charge in [0.15, 0.2) is 0 Å². The summed E-state index contributed by atoms with van der Waals surface area (Å²) in [5.74, 6) is -0.766. The van der Waals surface area contributed by atoms with Crippen LogP contribution in [-0.4, -0.2) is 18.9 Å². The number of carbonyl (C=O) groups excluding carboxylic acids is 1. The van der Waals surface area contributed by atoms with Gasteiger partial charge in [0.25, 0.3) is 0 Å². The number of ether oxygens (including phenoxy) is 1. The summed E-state index contributed by atoms with van der Waals surface area (Å²) in [6.07, 6.45) is 8.75. The lowest BCUT2D eigenvalue weighted by Gasteiger charge is -2.07. The van der Waals surface area contributed by atoms with Gasteiger partial charge in [0.05, 0.1) is 12.8 Å². The normalized spacial score (nSPS) is 10.9. The number of nitrogens with zero attached hydrogens (tertiary/aromatic N) is 1. The number of oxime groups is 1. The van der Waals surface area contributed by atoms with Crippen LogP contribution in [0.5, 0.6) is 5.75 Å². The molecule has 0 bridgehead atoms. The maximum absolute atomic E-state index is 13.5. The van der Waals surface area contributed by atoms with Gasteiger partial charge in [0.2, 0.25) is 0 Å². The number of amides is 1. The Kier molecular flexibility index (Phi) is 10.3. The SMILES string of the molecule is CCCCCCCCCOc1ccc(NC(=O)ON=Cc2ccc(F)cc2F)cc1. The topological polar surface area (TPSA) is 59.9 Å². The van der Waals surface area contributed by atoms with Crippen molar-refractivity contribution in [2.24, 2.45) is 5.16 Å². The average Bonchev–Trinajstić information content (AvgIpc) is 2.73. The van der Waals surface area contributed by atoms with Crippen molar-refractivity contribution in [2.75, 3.05) is 11.9 Å². The number of anilines is 1. The van der Waals surface area contributed by atoms with Gasteiger partial charge in [0.1, 0.15) is 17.4 Å². The van der Waals surface area contributed by atoms with E-state index in [1.165, 1.54) is 38.2 Å². The molecule has 0 saturated carbocycles. The van der Waals surface area contributed by atoms with Gasteiger partial charge in [-0.25, -0.2) is 13.6 Å². The summed E-state index contributed by atoms with van der Waals surface area (Å²) in [4.78, 5) is 16.4. The van der Waals surface area contributed by atoms with Crippen molar-refractivity contribution in [1.82, 2.24) is 0 Å². The molecule has 2 aromatic rings. The number of benzene rings is 2. The highest BCUT2D eigenvalue weighted by atomic mass is 19.1.